The third-order valence-electron chi connectivity index (χ3n) is 2.54. The number of benzene rings is 1. The third-order valence-corrected chi connectivity index (χ3v) is 3.53. The van der Waals surface area contributed by atoms with Crippen LogP contribution in [0, 0.1) is 5.82 Å². The number of hydrogen-bond acceptors (Lipinski definition) is 4. The van der Waals surface area contributed by atoms with Crippen LogP contribution in [-0.2, 0) is 4.79 Å². The van der Waals surface area contributed by atoms with E-state index in [-0.39, 0.29) is 5.75 Å². The zero-order valence-corrected chi connectivity index (χ0v) is 10.6. The highest BCUT2D eigenvalue weighted by molar-refractivity contribution is 8.18. The van der Waals surface area contributed by atoms with Crippen molar-refractivity contribution in [2.45, 2.75) is 6.92 Å². The predicted octanol–water partition coefficient (Wildman–Crippen LogP) is 2.55. The molecule has 18 heavy (non-hydrogen) atoms. The maximum Gasteiger partial charge on any atom is 0.290 e. The summed E-state index contributed by atoms with van der Waals surface area (Å²) in [5.74, 6) is -0.820. The van der Waals surface area contributed by atoms with Crippen LogP contribution in [0.1, 0.15) is 12.5 Å². The second-order valence-corrected chi connectivity index (χ2v) is 4.63. The van der Waals surface area contributed by atoms with Crippen LogP contribution < -0.4 is 10.1 Å². The van der Waals surface area contributed by atoms with Crippen molar-refractivity contribution in [3.05, 3.63) is 34.5 Å². The maximum atomic E-state index is 13.5. The van der Waals surface area contributed by atoms with Gasteiger partial charge in [0.1, 0.15) is 0 Å². The van der Waals surface area contributed by atoms with Gasteiger partial charge < -0.3 is 4.74 Å². The van der Waals surface area contributed by atoms with Gasteiger partial charge in [0, 0.05) is 0 Å². The van der Waals surface area contributed by atoms with Crippen LogP contribution in [0.25, 0.3) is 5.57 Å². The Kier molecular flexibility index (Phi) is 3.38. The number of methoxy groups -OCH3 is 1. The average Bonchev–Trinajstić information content (AvgIpc) is 2.67. The molecule has 0 bridgehead atoms. The monoisotopic (exact) mass is 267 g/mol. The lowest BCUT2D eigenvalue weighted by atomic mass is 10.1. The van der Waals surface area contributed by atoms with Crippen molar-refractivity contribution in [3.63, 3.8) is 0 Å². The quantitative estimate of drug-likeness (QED) is 0.837. The Labute approximate surface area is 107 Å². The number of amides is 2. The van der Waals surface area contributed by atoms with E-state index in [9.17, 15) is 14.0 Å². The molecule has 0 spiro atoms. The topological polar surface area (TPSA) is 55.4 Å². The summed E-state index contributed by atoms with van der Waals surface area (Å²) in [6.07, 6.45) is 0. The largest absolute Gasteiger partial charge is 0.494 e. The second-order valence-electron chi connectivity index (χ2n) is 3.65. The Balaban J connectivity index is 2.43. The van der Waals surface area contributed by atoms with E-state index in [4.69, 9.17) is 4.74 Å². The molecular formula is C12H10FNO3S. The molecule has 0 saturated carbocycles. The van der Waals surface area contributed by atoms with Crippen molar-refractivity contribution in [2.24, 2.45) is 0 Å². The minimum Gasteiger partial charge on any atom is -0.494 e. The van der Waals surface area contributed by atoms with Crippen LogP contribution in [0.5, 0.6) is 5.75 Å². The molecule has 1 aromatic rings. The fourth-order valence-corrected chi connectivity index (χ4v) is 2.34. The molecule has 6 heteroatoms. The van der Waals surface area contributed by atoms with Crippen molar-refractivity contribution < 1.29 is 18.7 Å². The molecule has 1 aliphatic heterocycles. The normalized spacial score (nSPS) is 17.7. The zero-order valence-electron chi connectivity index (χ0n) is 9.74. The van der Waals surface area contributed by atoms with Gasteiger partial charge in [0.05, 0.1) is 12.0 Å². The van der Waals surface area contributed by atoms with Crippen molar-refractivity contribution in [1.82, 2.24) is 5.32 Å². The molecule has 0 aliphatic carbocycles. The third kappa shape index (κ3) is 2.24. The number of carbonyl (C=O) groups excluding carboxylic acids is 2. The number of halogens is 1. The summed E-state index contributed by atoms with van der Waals surface area (Å²) in [5, 5.41) is 1.75. The molecular weight excluding hydrogens is 257 g/mol. The molecule has 0 aromatic heterocycles. The molecule has 2 amide bonds. The Hall–Kier alpha value is -1.82. The molecule has 1 heterocycles. The lowest BCUT2D eigenvalue weighted by Crippen LogP contribution is -2.18. The first-order valence-corrected chi connectivity index (χ1v) is 5.92. The zero-order chi connectivity index (χ0) is 13.3. The van der Waals surface area contributed by atoms with Gasteiger partial charge in [0.2, 0.25) is 0 Å². The number of allylic oxidation sites excluding steroid dienone is 1. The summed E-state index contributed by atoms with van der Waals surface area (Å²) in [5.41, 5.74) is 1.10. The van der Waals surface area contributed by atoms with E-state index in [1.807, 2.05) is 0 Å². The summed E-state index contributed by atoms with van der Waals surface area (Å²) >= 11 is 0.819. The first-order valence-electron chi connectivity index (χ1n) is 5.11. The highest BCUT2D eigenvalue weighted by Crippen LogP contribution is 2.32. The van der Waals surface area contributed by atoms with E-state index in [1.54, 1.807) is 13.0 Å². The van der Waals surface area contributed by atoms with Gasteiger partial charge in [-0.3, -0.25) is 14.9 Å². The fraction of sp³-hybridized carbons (Fsp3) is 0.167. The van der Waals surface area contributed by atoms with Crippen LogP contribution in [-0.4, -0.2) is 18.3 Å². The number of nitrogens with one attached hydrogen (secondary N) is 1. The highest BCUT2D eigenvalue weighted by atomic mass is 32.2. The molecule has 0 atom stereocenters. The van der Waals surface area contributed by atoms with E-state index in [2.05, 4.69) is 5.32 Å². The average molecular weight is 267 g/mol. The van der Waals surface area contributed by atoms with Crippen LogP contribution in [0.2, 0.25) is 0 Å². The van der Waals surface area contributed by atoms with E-state index < -0.39 is 17.0 Å². The summed E-state index contributed by atoms with van der Waals surface area (Å²) in [6, 6.07) is 4.40. The van der Waals surface area contributed by atoms with E-state index in [1.165, 1.54) is 19.2 Å². The van der Waals surface area contributed by atoms with Crippen LogP contribution in [0.3, 0.4) is 0 Å². The predicted molar refractivity (Wildman–Crippen MR) is 66.7 cm³/mol. The van der Waals surface area contributed by atoms with Gasteiger partial charge in [-0.25, -0.2) is 4.39 Å². The molecule has 0 unspecified atom stereocenters. The summed E-state index contributed by atoms with van der Waals surface area (Å²) in [4.78, 5) is 22.8. The van der Waals surface area contributed by atoms with Crippen LogP contribution in [0.4, 0.5) is 9.18 Å². The Bertz CT molecular complexity index is 568. The van der Waals surface area contributed by atoms with Gasteiger partial charge in [-0.05, 0) is 42.0 Å². The number of hydrogen-bond donors (Lipinski definition) is 1. The summed E-state index contributed by atoms with van der Waals surface area (Å²) in [7, 11) is 1.38. The van der Waals surface area contributed by atoms with Crippen LogP contribution >= 0.6 is 11.8 Å². The van der Waals surface area contributed by atoms with Gasteiger partial charge in [-0.1, -0.05) is 6.07 Å². The number of thioether (sulfide) groups is 1. The van der Waals surface area contributed by atoms with Gasteiger partial charge >= 0.3 is 0 Å². The van der Waals surface area contributed by atoms with E-state index in [0.717, 1.165) is 11.8 Å². The SMILES string of the molecule is COc1ccc(/C(C)=C2\SC(=O)NC2=O)cc1F. The van der Waals surface area contributed by atoms with Gasteiger partial charge in [0.15, 0.2) is 11.6 Å². The Morgan fingerprint density at radius 2 is 2.11 bits per heavy atom. The lowest BCUT2D eigenvalue weighted by Gasteiger charge is -2.06. The molecule has 94 valence electrons. The maximum absolute atomic E-state index is 13.5. The summed E-state index contributed by atoms with van der Waals surface area (Å²) in [6.45, 7) is 1.67. The standard InChI is InChI=1S/C12H10FNO3S/c1-6(10-11(15)14-12(16)18-10)7-3-4-9(17-2)8(13)5-7/h3-5H,1-2H3,(H,14,15,16)/b10-6-. The minimum atomic E-state index is -0.510. The highest BCUT2D eigenvalue weighted by Gasteiger charge is 2.27. The molecule has 1 aromatic carbocycles. The lowest BCUT2D eigenvalue weighted by molar-refractivity contribution is -0.115. The van der Waals surface area contributed by atoms with Crippen molar-refractivity contribution >= 4 is 28.5 Å². The van der Waals surface area contributed by atoms with Gasteiger partial charge in [0.25, 0.3) is 11.1 Å². The van der Waals surface area contributed by atoms with E-state index >= 15 is 0 Å². The molecule has 4 nitrogen and oxygen atoms in total. The number of ether oxygens (including phenoxy) is 1. The Morgan fingerprint density at radius 1 is 1.39 bits per heavy atom. The van der Waals surface area contributed by atoms with Crippen LogP contribution in [0.15, 0.2) is 23.1 Å². The molecule has 1 fully saturated rings. The molecule has 2 rings (SSSR count). The van der Waals surface area contributed by atoms with Gasteiger partial charge in [-0.15, -0.1) is 0 Å². The van der Waals surface area contributed by atoms with Crippen molar-refractivity contribution in [2.75, 3.05) is 7.11 Å². The second kappa shape index (κ2) is 4.81. The Morgan fingerprint density at radius 3 is 2.61 bits per heavy atom. The molecule has 1 saturated heterocycles. The molecule has 1 aliphatic rings. The van der Waals surface area contributed by atoms with E-state index in [0.29, 0.717) is 16.0 Å². The smallest absolute Gasteiger partial charge is 0.290 e. The fourth-order valence-electron chi connectivity index (χ4n) is 1.59. The summed E-state index contributed by atoms with van der Waals surface area (Å²) < 4.78 is 18.4. The molecule has 0 radical (unpaired) electrons. The number of carbonyl (C=O) groups is 2. The van der Waals surface area contributed by atoms with Gasteiger partial charge in [-0.2, -0.15) is 0 Å². The van der Waals surface area contributed by atoms with Crippen molar-refractivity contribution in [3.8, 4) is 5.75 Å². The molecule has 1 N–H and O–H groups in total. The minimum absolute atomic E-state index is 0.135. The van der Waals surface area contributed by atoms with Crippen molar-refractivity contribution in [1.29, 1.82) is 0 Å². The number of rotatable bonds is 2. The first kappa shape index (κ1) is 12.6. The first-order chi connectivity index (χ1) is 8.52. The number of imide groups is 1.